The summed E-state index contributed by atoms with van der Waals surface area (Å²) in [5, 5.41) is 0. The molecule has 1 N–H and O–H groups in total. The molecule has 0 bridgehead atoms. The smallest absolute Gasteiger partial charge is 0.302 e. The van der Waals surface area contributed by atoms with Crippen molar-refractivity contribution in [1.29, 1.82) is 0 Å². The van der Waals surface area contributed by atoms with Gasteiger partial charge in [0.1, 0.15) is 0 Å². The zero-order valence-corrected chi connectivity index (χ0v) is 15.4. The minimum Gasteiger partial charge on any atom is -0.302 e. The lowest BCUT2D eigenvalue weighted by Gasteiger charge is -2.26. The summed E-state index contributed by atoms with van der Waals surface area (Å²) in [6, 6.07) is 12.6. The van der Waals surface area contributed by atoms with Gasteiger partial charge in [-0.25, -0.2) is 13.1 Å². The topological polar surface area (TPSA) is 68.2 Å². The van der Waals surface area contributed by atoms with Gasteiger partial charge in [-0.3, -0.25) is 4.79 Å². The van der Waals surface area contributed by atoms with Gasteiger partial charge in [0, 0.05) is 13.1 Å². The summed E-state index contributed by atoms with van der Waals surface area (Å²) < 4.78 is 30.8. The third-order valence-electron chi connectivity index (χ3n) is 4.74. The maximum Gasteiger partial charge on any atom is 0.307 e. The first-order valence-electron chi connectivity index (χ1n) is 8.15. The highest BCUT2D eigenvalue weighted by Gasteiger charge is 2.26. The largest absolute Gasteiger partial charge is 0.307 e. The Morgan fingerprint density at radius 3 is 2.84 bits per heavy atom. The molecule has 5 nitrogen and oxygen atoms in total. The molecule has 3 aromatic rings. The van der Waals surface area contributed by atoms with Crippen LogP contribution in [0.1, 0.15) is 30.0 Å². The number of thiazole rings is 1. The molecule has 0 amide bonds. The van der Waals surface area contributed by atoms with E-state index in [4.69, 9.17) is 0 Å². The molecule has 0 saturated carbocycles. The summed E-state index contributed by atoms with van der Waals surface area (Å²) in [6.07, 6.45) is 2.74. The number of sulfonamides is 1. The molecular weight excluding hydrogens is 356 g/mol. The molecule has 0 radical (unpaired) electrons. The fraction of sp³-hybridized carbons (Fsp3) is 0.278. The van der Waals surface area contributed by atoms with Crippen molar-refractivity contribution in [2.45, 2.75) is 30.2 Å². The first kappa shape index (κ1) is 16.5. The molecule has 1 heterocycles. The maximum atomic E-state index is 12.9. The van der Waals surface area contributed by atoms with E-state index < -0.39 is 10.0 Å². The van der Waals surface area contributed by atoms with Gasteiger partial charge < -0.3 is 4.57 Å². The highest BCUT2D eigenvalue weighted by Crippen LogP contribution is 2.31. The number of hydrogen-bond acceptors (Lipinski definition) is 4. The predicted molar refractivity (Wildman–Crippen MR) is 99.5 cm³/mol. The van der Waals surface area contributed by atoms with Crippen molar-refractivity contribution >= 4 is 31.6 Å². The lowest BCUT2D eigenvalue weighted by atomic mass is 9.88. The maximum absolute atomic E-state index is 12.9. The monoisotopic (exact) mass is 374 g/mol. The minimum atomic E-state index is -3.65. The summed E-state index contributed by atoms with van der Waals surface area (Å²) in [6.45, 7) is 0. The van der Waals surface area contributed by atoms with Gasteiger partial charge in [0.15, 0.2) is 0 Å². The molecule has 1 aliphatic carbocycles. The number of aromatic nitrogens is 1. The Kier molecular flexibility index (Phi) is 4.02. The van der Waals surface area contributed by atoms with E-state index in [1.807, 2.05) is 18.2 Å². The van der Waals surface area contributed by atoms with Gasteiger partial charge >= 0.3 is 4.87 Å². The van der Waals surface area contributed by atoms with Crippen molar-refractivity contribution in [2.24, 2.45) is 7.05 Å². The van der Waals surface area contributed by atoms with Crippen molar-refractivity contribution in [3.05, 3.63) is 63.3 Å². The van der Waals surface area contributed by atoms with E-state index in [0.29, 0.717) is 4.70 Å². The van der Waals surface area contributed by atoms with Gasteiger partial charge in [0.05, 0.1) is 15.1 Å². The van der Waals surface area contributed by atoms with E-state index >= 15 is 0 Å². The lowest BCUT2D eigenvalue weighted by molar-refractivity contribution is 0.507. The van der Waals surface area contributed by atoms with E-state index in [2.05, 4.69) is 10.8 Å². The molecule has 7 heteroatoms. The van der Waals surface area contributed by atoms with E-state index in [1.54, 1.807) is 25.2 Å². The van der Waals surface area contributed by atoms with E-state index in [1.165, 1.54) is 10.1 Å². The Labute approximate surface area is 150 Å². The third kappa shape index (κ3) is 2.92. The van der Waals surface area contributed by atoms with Gasteiger partial charge in [-0.15, -0.1) is 0 Å². The standard InChI is InChI=1S/C18H18N2O3S2/c1-20-16-10-9-13(11-17(16)24-18(20)21)25(22,23)19-15-8-4-6-12-5-2-3-7-14(12)15/h2-3,5,7,9-11,15,19H,4,6,8H2,1H3/t15-/m0/s1. The molecule has 0 spiro atoms. The van der Waals surface area contributed by atoms with Crippen LogP contribution in [0, 0.1) is 0 Å². The number of benzene rings is 2. The SMILES string of the molecule is Cn1c(=O)sc2cc(S(=O)(=O)N[C@H]3CCCc4ccccc43)ccc21. The van der Waals surface area contributed by atoms with Gasteiger partial charge in [0.2, 0.25) is 10.0 Å². The highest BCUT2D eigenvalue weighted by molar-refractivity contribution is 7.89. The molecule has 2 aromatic carbocycles. The summed E-state index contributed by atoms with van der Waals surface area (Å²) in [5.41, 5.74) is 3.01. The Balaban J connectivity index is 1.70. The van der Waals surface area contributed by atoms with E-state index in [-0.39, 0.29) is 15.8 Å². The molecule has 4 rings (SSSR count). The van der Waals surface area contributed by atoms with Crippen LogP contribution in [0.3, 0.4) is 0 Å². The van der Waals surface area contributed by atoms with Crippen LogP contribution in [0.2, 0.25) is 0 Å². The predicted octanol–water partition coefficient (Wildman–Crippen LogP) is 2.96. The molecule has 25 heavy (non-hydrogen) atoms. The first-order chi connectivity index (χ1) is 12.0. The van der Waals surface area contributed by atoms with E-state index in [9.17, 15) is 13.2 Å². The molecular formula is C18H18N2O3S2. The highest BCUT2D eigenvalue weighted by atomic mass is 32.2. The molecule has 1 atom stereocenters. The number of rotatable bonds is 3. The van der Waals surface area contributed by atoms with Gasteiger partial charge in [-0.05, 0) is 48.6 Å². The second-order valence-corrected chi connectivity index (χ2v) is 9.03. The number of fused-ring (bicyclic) bond motifs is 2. The zero-order chi connectivity index (χ0) is 17.6. The molecule has 1 aromatic heterocycles. The average Bonchev–Trinajstić information content (AvgIpc) is 2.89. The van der Waals surface area contributed by atoms with Crippen LogP contribution in [-0.4, -0.2) is 13.0 Å². The quantitative estimate of drug-likeness (QED) is 0.766. The normalized spacial score (nSPS) is 17.6. The molecule has 1 aliphatic rings. The summed E-state index contributed by atoms with van der Waals surface area (Å²) in [7, 11) is -1.97. The number of aryl methyl sites for hydroxylation is 2. The summed E-state index contributed by atoms with van der Waals surface area (Å²) in [5.74, 6) is 0. The Morgan fingerprint density at radius 1 is 1.20 bits per heavy atom. The zero-order valence-electron chi connectivity index (χ0n) is 13.7. The van der Waals surface area contributed by atoms with Gasteiger partial charge in [0.25, 0.3) is 0 Å². The summed E-state index contributed by atoms with van der Waals surface area (Å²) >= 11 is 1.06. The fourth-order valence-electron chi connectivity index (χ4n) is 3.41. The van der Waals surface area contributed by atoms with Crippen molar-refractivity contribution in [2.75, 3.05) is 0 Å². The van der Waals surface area contributed by atoms with Crippen LogP contribution in [0.25, 0.3) is 10.2 Å². The molecule has 0 aliphatic heterocycles. The van der Waals surface area contributed by atoms with Crippen LogP contribution < -0.4 is 9.60 Å². The molecule has 0 saturated heterocycles. The van der Waals surface area contributed by atoms with Crippen molar-refractivity contribution < 1.29 is 8.42 Å². The minimum absolute atomic E-state index is 0.0984. The third-order valence-corrected chi connectivity index (χ3v) is 7.21. The second kappa shape index (κ2) is 6.09. The van der Waals surface area contributed by atoms with Gasteiger partial charge in [-0.1, -0.05) is 35.6 Å². The molecule has 0 unspecified atom stereocenters. The number of nitrogens with zero attached hydrogens (tertiary/aromatic N) is 1. The van der Waals surface area contributed by atoms with Crippen molar-refractivity contribution in [1.82, 2.24) is 9.29 Å². The van der Waals surface area contributed by atoms with Gasteiger partial charge in [-0.2, -0.15) is 0 Å². The Bertz CT molecular complexity index is 1110. The Morgan fingerprint density at radius 2 is 2.00 bits per heavy atom. The van der Waals surface area contributed by atoms with Crippen LogP contribution in [0.4, 0.5) is 0 Å². The summed E-state index contributed by atoms with van der Waals surface area (Å²) in [4.78, 5) is 11.9. The van der Waals surface area contributed by atoms with Crippen LogP contribution in [-0.2, 0) is 23.5 Å². The Hall–Kier alpha value is -1.96. The van der Waals surface area contributed by atoms with Crippen molar-refractivity contribution in [3.63, 3.8) is 0 Å². The van der Waals surface area contributed by atoms with E-state index in [0.717, 1.165) is 41.7 Å². The van der Waals surface area contributed by atoms with Crippen molar-refractivity contribution in [3.8, 4) is 0 Å². The van der Waals surface area contributed by atoms with Crippen LogP contribution in [0.15, 0.2) is 52.2 Å². The lowest BCUT2D eigenvalue weighted by Crippen LogP contribution is -2.31. The number of nitrogens with one attached hydrogen (secondary N) is 1. The van der Waals surface area contributed by atoms with Crippen LogP contribution >= 0.6 is 11.3 Å². The fourth-order valence-corrected chi connectivity index (χ4v) is 5.68. The molecule has 0 fully saturated rings. The number of hydrogen-bond donors (Lipinski definition) is 1. The first-order valence-corrected chi connectivity index (χ1v) is 10.5. The molecule has 130 valence electrons. The van der Waals surface area contributed by atoms with Crippen LogP contribution in [0.5, 0.6) is 0 Å². The average molecular weight is 374 g/mol. The second-order valence-electron chi connectivity index (χ2n) is 6.32.